The molecule has 0 bridgehead atoms. The Kier molecular flexibility index (Phi) is 7.60. The highest BCUT2D eigenvalue weighted by atomic mass is 32.2. The molecular formula is C26H34N6O3S. The monoisotopic (exact) mass is 510 g/mol. The first-order valence-corrected chi connectivity index (χ1v) is 13.5. The van der Waals surface area contributed by atoms with Crippen LogP contribution in [-0.4, -0.2) is 49.6 Å². The lowest BCUT2D eigenvalue weighted by atomic mass is 9.85. The van der Waals surface area contributed by atoms with Gasteiger partial charge in [-0.05, 0) is 42.2 Å². The summed E-state index contributed by atoms with van der Waals surface area (Å²) in [5, 5.41) is 12.1. The summed E-state index contributed by atoms with van der Waals surface area (Å²) in [5.74, 6) is 1.01. The lowest BCUT2D eigenvalue weighted by Crippen LogP contribution is -2.35. The third-order valence-corrected chi connectivity index (χ3v) is 6.95. The minimum Gasteiger partial charge on any atom is -0.379 e. The Labute approximate surface area is 213 Å². The third kappa shape index (κ3) is 6.38. The summed E-state index contributed by atoms with van der Waals surface area (Å²) in [4.78, 5) is 11.6. The van der Waals surface area contributed by atoms with Crippen molar-refractivity contribution in [2.24, 2.45) is 5.14 Å². The Morgan fingerprint density at radius 1 is 1.08 bits per heavy atom. The summed E-state index contributed by atoms with van der Waals surface area (Å²) < 4.78 is 30.0. The van der Waals surface area contributed by atoms with Gasteiger partial charge in [0.1, 0.15) is 5.82 Å². The number of nitrogens with one attached hydrogen (secondary N) is 2. The molecule has 1 aliphatic rings. The summed E-state index contributed by atoms with van der Waals surface area (Å²) in [6.45, 7) is 12.0. The maximum Gasteiger partial charge on any atom is 0.238 e. The van der Waals surface area contributed by atoms with Crippen molar-refractivity contribution in [3.63, 3.8) is 0 Å². The molecule has 0 saturated carbocycles. The zero-order valence-electron chi connectivity index (χ0n) is 21.2. The molecule has 2 aromatic carbocycles. The minimum atomic E-state index is -3.90. The van der Waals surface area contributed by atoms with Gasteiger partial charge in [-0.25, -0.2) is 18.5 Å². The summed E-state index contributed by atoms with van der Waals surface area (Å²) in [7, 11) is -3.90. The number of rotatable bonds is 7. The molecule has 4 N–H and O–H groups in total. The van der Waals surface area contributed by atoms with E-state index in [2.05, 4.69) is 37.6 Å². The first-order chi connectivity index (χ1) is 17.0. The molecule has 9 nitrogen and oxygen atoms in total. The molecule has 36 heavy (non-hydrogen) atoms. The molecule has 0 radical (unpaired) electrons. The van der Waals surface area contributed by atoms with Gasteiger partial charge in [-0.3, -0.25) is 4.90 Å². The van der Waals surface area contributed by atoms with Crippen molar-refractivity contribution in [2.75, 3.05) is 36.9 Å². The van der Waals surface area contributed by atoms with E-state index in [9.17, 15) is 8.42 Å². The molecule has 192 valence electrons. The fraction of sp³-hybridized carbons (Fsp3) is 0.385. The Morgan fingerprint density at radius 3 is 2.50 bits per heavy atom. The van der Waals surface area contributed by atoms with E-state index in [1.54, 1.807) is 12.3 Å². The number of nitrogens with two attached hydrogens (primary N) is 1. The molecule has 0 amide bonds. The van der Waals surface area contributed by atoms with Crippen LogP contribution in [0.3, 0.4) is 0 Å². The van der Waals surface area contributed by atoms with E-state index in [0.717, 1.165) is 44.1 Å². The number of benzene rings is 2. The molecular weight excluding hydrogens is 476 g/mol. The van der Waals surface area contributed by atoms with Crippen molar-refractivity contribution in [2.45, 2.75) is 44.6 Å². The SMILES string of the molecule is Cc1cnc(Nc2cccc(CN3CCOCC3)c2)nc1Nc1cccc(S(N)(=O)=O)c1C(C)(C)C. The molecule has 1 aromatic heterocycles. The molecule has 10 heteroatoms. The predicted molar refractivity (Wildman–Crippen MR) is 142 cm³/mol. The average Bonchev–Trinajstić information content (AvgIpc) is 2.81. The van der Waals surface area contributed by atoms with E-state index in [1.165, 1.54) is 11.6 Å². The van der Waals surface area contributed by atoms with Gasteiger partial charge in [0, 0.05) is 48.3 Å². The number of hydrogen-bond acceptors (Lipinski definition) is 8. The van der Waals surface area contributed by atoms with Crippen LogP contribution in [-0.2, 0) is 26.7 Å². The highest BCUT2D eigenvalue weighted by Crippen LogP contribution is 2.36. The maximum atomic E-state index is 12.3. The molecule has 0 unspecified atom stereocenters. The Hall–Kier alpha value is -3.05. The molecule has 0 atom stereocenters. The van der Waals surface area contributed by atoms with Crippen LogP contribution in [0, 0.1) is 6.92 Å². The number of anilines is 4. The number of nitrogens with zero attached hydrogens (tertiary/aromatic N) is 3. The van der Waals surface area contributed by atoms with Gasteiger partial charge in [-0.15, -0.1) is 0 Å². The van der Waals surface area contributed by atoms with E-state index in [4.69, 9.17) is 9.88 Å². The second-order valence-corrected chi connectivity index (χ2v) is 11.6. The fourth-order valence-electron chi connectivity index (χ4n) is 4.30. The first kappa shape index (κ1) is 26.0. The molecule has 1 fully saturated rings. The topological polar surface area (TPSA) is 122 Å². The lowest BCUT2D eigenvalue weighted by molar-refractivity contribution is 0.0342. The van der Waals surface area contributed by atoms with Crippen LogP contribution in [0.25, 0.3) is 0 Å². The van der Waals surface area contributed by atoms with Gasteiger partial charge < -0.3 is 15.4 Å². The van der Waals surface area contributed by atoms with Gasteiger partial charge in [0.2, 0.25) is 16.0 Å². The number of aryl methyl sites for hydroxylation is 1. The standard InChI is InChI=1S/C26H34N6O3S/c1-18-16-28-25(29-20-8-5-7-19(15-20)17-32-11-13-35-14-12-32)31-24(18)30-21-9-6-10-22(36(27,33)34)23(21)26(2,3)4/h5-10,15-16H,11-14,17H2,1-4H3,(H2,27,33,34)(H2,28,29,30,31). The van der Waals surface area contributed by atoms with Gasteiger partial charge in [-0.1, -0.05) is 39.0 Å². The predicted octanol–water partition coefficient (Wildman–Crippen LogP) is 4.05. The fourth-order valence-corrected chi connectivity index (χ4v) is 5.27. The summed E-state index contributed by atoms with van der Waals surface area (Å²) in [6.07, 6.45) is 1.73. The minimum absolute atomic E-state index is 0.0992. The molecule has 1 saturated heterocycles. The number of primary sulfonamides is 1. The summed E-state index contributed by atoms with van der Waals surface area (Å²) in [5.41, 5.74) is 3.67. The third-order valence-electron chi connectivity index (χ3n) is 6.00. The van der Waals surface area contributed by atoms with Crippen molar-refractivity contribution in [3.05, 3.63) is 65.4 Å². The van der Waals surface area contributed by atoms with Crippen molar-refractivity contribution in [3.8, 4) is 0 Å². The number of ether oxygens (including phenoxy) is 1. The van der Waals surface area contributed by atoms with Crippen molar-refractivity contribution in [1.82, 2.24) is 14.9 Å². The van der Waals surface area contributed by atoms with E-state index >= 15 is 0 Å². The number of hydrogen-bond donors (Lipinski definition) is 3. The van der Waals surface area contributed by atoms with Crippen LogP contribution in [0.4, 0.5) is 23.1 Å². The van der Waals surface area contributed by atoms with E-state index < -0.39 is 15.4 Å². The van der Waals surface area contributed by atoms with E-state index in [1.807, 2.05) is 45.9 Å². The lowest BCUT2D eigenvalue weighted by Gasteiger charge is -2.26. The zero-order valence-corrected chi connectivity index (χ0v) is 22.0. The molecule has 4 rings (SSSR count). The quantitative estimate of drug-likeness (QED) is 0.435. The van der Waals surface area contributed by atoms with Crippen LogP contribution in [0.2, 0.25) is 0 Å². The smallest absolute Gasteiger partial charge is 0.238 e. The molecule has 2 heterocycles. The summed E-state index contributed by atoms with van der Waals surface area (Å²) >= 11 is 0. The van der Waals surface area contributed by atoms with Gasteiger partial charge >= 0.3 is 0 Å². The van der Waals surface area contributed by atoms with Gasteiger partial charge in [-0.2, -0.15) is 4.98 Å². The number of aromatic nitrogens is 2. The van der Waals surface area contributed by atoms with Gasteiger partial charge in [0.05, 0.1) is 18.1 Å². The average molecular weight is 511 g/mol. The Balaban J connectivity index is 1.59. The van der Waals surface area contributed by atoms with Crippen LogP contribution in [0.1, 0.15) is 37.5 Å². The first-order valence-electron chi connectivity index (χ1n) is 11.9. The van der Waals surface area contributed by atoms with Crippen LogP contribution in [0.15, 0.2) is 53.6 Å². The van der Waals surface area contributed by atoms with Crippen molar-refractivity contribution in [1.29, 1.82) is 0 Å². The zero-order chi connectivity index (χ0) is 25.9. The molecule has 3 aromatic rings. The van der Waals surface area contributed by atoms with Crippen molar-refractivity contribution < 1.29 is 13.2 Å². The van der Waals surface area contributed by atoms with Crippen molar-refractivity contribution >= 4 is 33.2 Å². The number of morpholine rings is 1. The maximum absolute atomic E-state index is 12.3. The Morgan fingerprint density at radius 2 is 1.81 bits per heavy atom. The van der Waals surface area contributed by atoms with Crippen LogP contribution >= 0.6 is 0 Å². The Bertz CT molecular complexity index is 1330. The van der Waals surface area contributed by atoms with Crippen LogP contribution in [0.5, 0.6) is 0 Å². The molecule has 0 spiro atoms. The van der Waals surface area contributed by atoms with Crippen LogP contribution < -0.4 is 15.8 Å². The van der Waals surface area contributed by atoms with E-state index in [0.29, 0.717) is 23.0 Å². The molecule has 0 aliphatic carbocycles. The highest BCUT2D eigenvalue weighted by molar-refractivity contribution is 7.89. The number of sulfonamides is 1. The second kappa shape index (κ2) is 10.5. The van der Waals surface area contributed by atoms with Gasteiger partial charge in [0.25, 0.3) is 0 Å². The van der Waals surface area contributed by atoms with E-state index in [-0.39, 0.29) is 4.90 Å². The molecule has 1 aliphatic heterocycles. The highest BCUT2D eigenvalue weighted by Gasteiger charge is 2.27. The second-order valence-electron chi connectivity index (χ2n) is 10.0. The normalized spacial score (nSPS) is 15.0. The largest absolute Gasteiger partial charge is 0.379 e. The summed E-state index contributed by atoms with van der Waals surface area (Å²) in [6, 6.07) is 13.2. The van der Waals surface area contributed by atoms with Gasteiger partial charge in [0.15, 0.2) is 0 Å².